The first-order chi connectivity index (χ1) is 12.0. The van der Waals surface area contributed by atoms with E-state index in [1.165, 1.54) is 4.90 Å². The molecule has 8 nitrogen and oxygen atoms in total. The summed E-state index contributed by atoms with van der Waals surface area (Å²) in [6.45, 7) is 5.66. The van der Waals surface area contributed by atoms with E-state index in [0.717, 1.165) is 4.47 Å². The average molecular weight is 428 g/mol. The van der Waals surface area contributed by atoms with Crippen molar-refractivity contribution >= 4 is 39.5 Å². The van der Waals surface area contributed by atoms with Crippen molar-refractivity contribution in [2.24, 2.45) is 0 Å². The van der Waals surface area contributed by atoms with Crippen molar-refractivity contribution in [1.82, 2.24) is 20.1 Å². The summed E-state index contributed by atoms with van der Waals surface area (Å²) in [6.07, 6.45) is 1.58. The Kier molecular flexibility index (Phi) is 8.16. The monoisotopic (exact) mass is 427 g/mol. The second-order valence-electron chi connectivity index (χ2n) is 7.13. The Bertz CT molecular complexity index is 643. The van der Waals surface area contributed by atoms with Crippen LogP contribution in [0, 0.1) is 0 Å². The maximum atomic E-state index is 12.2. The molecule has 0 unspecified atom stereocenters. The zero-order chi connectivity index (χ0) is 19.9. The van der Waals surface area contributed by atoms with Gasteiger partial charge in [0.15, 0.2) is 0 Å². The summed E-state index contributed by atoms with van der Waals surface area (Å²) in [7, 11) is 3.22. The van der Waals surface area contributed by atoms with Gasteiger partial charge in [-0.3, -0.25) is 19.3 Å². The topological polar surface area (TPSA) is 94.6 Å². The van der Waals surface area contributed by atoms with E-state index in [1.54, 1.807) is 37.3 Å². The molecule has 0 aromatic carbocycles. The minimum absolute atomic E-state index is 0.0283. The van der Waals surface area contributed by atoms with Crippen molar-refractivity contribution < 1.29 is 14.4 Å². The van der Waals surface area contributed by atoms with Crippen molar-refractivity contribution in [2.45, 2.75) is 26.3 Å². The van der Waals surface area contributed by atoms with Crippen LogP contribution in [0.15, 0.2) is 22.8 Å². The molecule has 1 aromatic rings. The number of nitrogens with zero attached hydrogens (tertiary/aromatic N) is 3. The molecule has 26 heavy (non-hydrogen) atoms. The molecule has 2 N–H and O–H groups in total. The minimum atomic E-state index is -0.350. The molecule has 0 saturated heterocycles. The Balaban J connectivity index is 2.41. The van der Waals surface area contributed by atoms with Crippen LogP contribution in [-0.4, -0.2) is 71.8 Å². The first-order valence-corrected chi connectivity index (χ1v) is 8.90. The van der Waals surface area contributed by atoms with Crippen LogP contribution in [0.5, 0.6) is 0 Å². The van der Waals surface area contributed by atoms with Crippen molar-refractivity contribution in [1.29, 1.82) is 0 Å². The molecule has 0 aliphatic heterocycles. The van der Waals surface area contributed by atoms with Crippen LogP contribution < -0.4 is 10.6 Å². The lowest BCUT2D eigenvalue weighted by atomic mass is 10.1. The summed E-state index contributed by atoms with van der Waals surface area (Å²) in [5.74, 6) is -0.307. The Morgan fingerprint density at radius 2 is 1.73 bits per heavy atom. The fraction of sp³-hybridized carbons (Fsp3) is 0.529. The number of pyridine rings is 1. The number of anilines is 1. The summed E-state index contributed by atoms with van der Waals surface area (Å²) in [4.78, 5) is 43.0. The Labute approximate surface area is 162 Å². The number of carbonyl (C=O) groups excluding carboxylic acids is 3. The molecule has 0 atom stereocenters. The van der Waals surface area contributed by atoms with Gasteiger partial charge in [-0.15, -0.1) is 0 Å². The standard InChI is InChI=1S/C17H26BrN5O3/c1-17(2,3)21-15(25)10-23(5)16(26)11-22(4)9-14(24)20-13-7-6-12(18)8-19-13/h6-8H,9-11H2,1-5H3,(H,21,25)(H,19,20,24). The first-order valence-electron chi connectivity index (χ1n) is 8.11. The number of carbonyl (C=O) groups is 3. The van der Waals surface area contributed by atoms with E-state index in [9.17, 15) is 14.4 Å². The lowest BCUT2D eigenvalue weighted by Gasteiger charge is -2.24. The molecule has 1 heterocycles. The van der Waals surface area contributed by atoms with Crippen molar-refractivity contribution in [2.75, 3.05) is 39.0 Å². The van der Waals surface area contributed by atoms with Crippen LogP contribution in [0.4, 0.5) is 5.82 Å². The van der Waals surface area contributed by atoms with Crippen LogP contribution in [0.3, 0.4) is 0 Å². The number of halogens is 1. The van der Waals surface area contributed by atoms with E-state index in [-0.39, 0.29) is 42.9 Å². The second-order valence-corrected chi connectivity index (χ2v) is 8.05. The number of hydrogen-bond donors (Lipinski definition) is 2. The van der Waals surface area contributed by atoms with E-state index >= 15 is 0 Å². The van der Waals surface area contributed by atoms with E-state index < -0.39 is 0 Å². The van der Waals surface area contributed by atoms with E-state index in [2.05, 4.69) is 31.5 Å². The third-order valence-corrected chi connectivity index (χ3v) is 3.60. The van der Waals surface area contributed by atoms with Crippen molar-refractivity contribution in [3.63, 3.8) is 0 Å². The minimum Gasteiger partial charge on any atom is -0.350 e. The van der Waals surface area contributed by atoms with Crippen LogP contribution in [0.1, 0.15) is 20.8 Å². The zero-order valence-electron chi connectivity index (χ0n) is 15.8. The molecule has 0 aliphatic carbocycles. The fourth-order valence-electron chi connectivity index (χ4n) is 2.05. The average Bonchev–Trinajstić information content (AvgIpc) is 2.47. The van der Waals surface area contributed by atoms with Crippen LogP contribution >= 0.6 is 15.9 Å². The summed E-state index contributed by atoms with van der Waals surface area (Å²) < 4.78 is 0.816. The van der Waals surface area contributed by atoms with Gasteiger partial charge in [-0.1, -0.05) is 0 Å². The molecule has 0 spiro atoms. The third-order valence-electron chi connectivity index (χ3n) is 3.13. The first kappa shape index (κ1) is 22.0. The van der Waals surface area contributed by atoms with Gasteiger partial charge in [0.1, 0.15) is 5.82 Å². The lowest BCUT2D eigenvalue weighted by Crippen LogP contribution is -2.48. The highest BCUT2D eigenvalue weighted by Gasteiger charge is 2.19. The molecule has 0 radical (unpaired) electrons. The highest BCUT2D eigenvalue weighted by Crippen LogP contribution is 2.10. The van der Waals surface area contributed by atoms with Gasteiger partial charge >= 0.3 is 0 Å². The molecule has 0 bridgehead atoms. The zero-order valence-corrected chi connectivity index (χ0v) is 17.4. The van der Waals surface area contributed by atoms with Gasteiger partial charge in [0.2, 0.25) is 17.7 Å². The third kappa shape index (κ3) is 8.91. The van der Waals surface area contributed by atoms with Crippen LogP contribution in [0.25, 0.3) is 0 Å². The summed E-state index contributed by atoms with van der Waals surface area (Å²) in [6, 6.07) is 3.45. The maximum Gasteiger partial charge on any atom is 0.240 e. The van der Waals surface area contributed by atoms with Gasteiger partial charge < -0.3 is 15.5 Å². The lowest BCUT2D eigenvalue weighted by molar-refractivity contribution is -0.136. The summed E-state index contributed by atoms with van der Waals surface area (Å²) >= 11 is 3.27. The highest BCUT2D eigenvalue weighted by atomic mass is 79.9. The highest BCUT2D eigenvalue weighted by molar-refractivity contribution is 9.10. The van der Waals surface area contributed by atoms with Gasteiger partial charge in [-0.05, 0) is 55.9 Å². The molecule has 1 aromatic heterocycles. The molecule has 1 rings (SSSR count). The number of hydrogen-bond acceptors (Lipinski definition) is 5. The van der Waals surface area contributed by atoms with Gasteiger partial charge in [0.25, 0.3) is 0 Å². The van der Waals surface area contributed by atoms with Crippen molar-refractivity contribution in [3.8, 4) is 0 Å². The number of amides is 3. The molecule has 0 saturated carbocycles. The van der Waals surface area contributed by atoms with Crippen LogP contribution in [0.2, 0.25) is 0 Å². The smallest absolute Gasteiger partial charge is 0.240 e. The largest absolute Gasteiger partial charge is 0.350 e. The van der Waals surface area contributed by atoms with Gasteiger partial charge in [0, 0.05) is 23.3 Å². The molecule has 0 fully saturated rings. The SMILES string of the molecule is CN(CC(=O)Nc1ccc(Br)cn1)CC(=O)N(C)CC(=O)NC(C)(C)C. The van der Waals surface area contributed by atoms with E-state index in [1.807, 2.05) is 20.8 Å². The number of likely N-dealkylation sites (N-methyl/N-ethyl adjacent to an activating group) is 2. The predicted molar refractivity (Wildman–Crippen MR) is 104 cm³/mol. The van der Waals surface area contributed by atoms with E-state index in [0.29, 0.717) is 5.82 Å². The van der Waals surface area contributed by atoms with Gasteiger partial charge in [-0.25, -0.2) is 4.98 Å². The Morgan fingerprint density at radius 1 is 1.08 bits per heavy atom. The number of nitrogens with one attached hydrogen (secondary N) is 2. The molecule has 0 aliphatic rings. The number of aromatic nitrogens is 1. The summed E-state index contributed by atoms with van der Waals surface area (Å²) in [5.41, 5.74) is -0.350. The molecule has 9 heteroatoms. The van der Waals surface area contributed by atoms with Crippen LogP contribution in [-0.2, 0) is 14.4 Å². The molecule has 144 valence electrons. The molecular formula is C17H26BrN5O3. The normalized spacial score (nSPS) is 11.2. The summed E-state index contributed by atoms with van der Waals surface area (Å²) in [5, 5.41) is 5.46. The quantitative estimate of drug-likeness (QED) is 0.678. The fourth-order valence-corrected chi connectivity index (χ4v) is 2.28. The Hall–Kier alpha value is -2.00. The predicted octanol–water partition coefficient (Wildman–Crippen LogP) is 1.09. The van der Waals surface area contributed by atoms with Crippen molar-refractivity contribution in [3.05, 3.63) is 22.8 Å². The Morgan fingerprint density at radius 3 is 2.27 bits per heavy atom. The van der Waals surface area contributed by atoms with E-state index in [4.69, 9.17) is 0 Å². The molecule has 3 amide bonds. The van der Waals surface area contributed by atoms with Gasteiger partial charge in [-0.2, -0.15) is 0 Å². The van der Waals surface area contributed by atoms with Gasteiger partial charge in [0.05, 0.1) is 19.6 Å². The second kappa shape index (κ2) is 9.63. The molecular weight excluding hydrogens is 402 g/mol. The number of rotatable bonds is 7. The maximum absolute atomic E-state index is 12.2.